The van der Waals surface area contributed by atoms with Crippen molar-refractivity contribution < 1.29 is 9.21 Å². The minimum Gasteiger partial charge on any atom is -0.401 e. The number of hydrogen-bond donors (Lipinski definition) is 1. The molecule has 3 aromatic rings. The van der Waals surface area contributed by atoms with Gasteiger partial charge >= 0.3 is 6.01 Å². The van der Waals surface area contributed by atoms with E-state index in [9.17, 15) is 4.79 Å². The van der Waals surface area contributed by atoms with E-state index in [1.54, 1.807) is 12.1 Å². The number of halogens is 1. The molecule has 0 aliphatic rings. The van der Waals surface area contributed by atoms with Gasteiger partial charge in [-0.2, -0.15) is 0 Å². The molecule has 0 saturated heterocycles. The maximum absolute atomic E-state index is 12.0. The number of aryl methyl sites for hydroxylation is 1. The van der Waals surface area contributed by atoms with E-state index in [1.165, 1.54) is 11.3 Å². The van der Waals surface area contributed by atoms with Crippen LogP contribution in [0.1, 0.15) is 10.6 Å². The van der Waals surface area contributed by atoms with Gasteiger partial charge in [-0.25, -0.2) is 4.98 Å². The molecule has 22 heavy (non-hydrogen) atoms. The zero-order valence-corrected chi connectivity index (χ0v) is 13.1. The molecule has 0 unspecified atom stereocenters. The number of aromatic nitrogens is 3. The monoisotopic (exact) mass is 334 g/mol. The summed E-state index contributed by atoms with van der Waals surface area (Å²) < 4.78 is 5.38. The Morgan fingerprint density at radius 3 is 2.91 bits per heavy atom. The molecule has 2 heterocycles. The third kappa shape index (κ3) is 3.32. The lowest BCUT2D eigenvalue weighted by molar-refractivity contribution is -0.115. The van der Waals surface area contributed by atoms with Gasteiger partial charge < -0.3 is 4.42 Å². The van der Waals surface area contributed by atoms with Gasteiger partial charge in [0, 0.05) is 10.4 Å². The van der Waals surface area contributed by atoms with Crippen LogP contribution in [-0.2, 0) is 11.2 Å². The predicted octanol–water partition coefficient (Wildman–Crippen LogP) is 3.34. The predicted molar refractivity (Wildman–Crippen MR) is 83.9 cm³/mol. The highest BCUT2D eigenvalue weighted by atomic mass is 35.5. The Bertz CT molecular complexity index is 815. The largest absolute Gasteiger partial charge is 0.401 e. The lowest BCUT2D eigenvalue weighted by Gasteiger charge is -2.02. The summed E-state index contributed by atoms with van der Waals surface area (Å²) in [5.41, 5.74) is 1.33. The van der Waals surface area contributed by atoms with Gasteiger partial charge in [-0.1, -0.05) is 34.9 Å². The van der Waals surface area contributed by atoms with Crippen molar-refractivity contribution in [1.29, 1.82) is 0 Å². The number of rotatable bonds is 4. The zero-order valence-electron chi connectivity index (χ0n) is 11.5. The quantitative estimate of drug-likeness (QED) is 0.791. The van der Waals surface area contributed by atoms with Gasteiger partial charge in [-0.15, -0.1) is 16.4 Å². The summed E-state index contributed by atoms with van der Waals surface area (Å²) in [5.74, 6) is -0.00449. The summed E-state index contributed by atoms with van der Waals surface area (Å²) >= 11 is 7.50. The Kier molecular flexibility index (Phi) is 4.17. The lowest BCUT2D eigenvalue weighted by atomic mass is 10.1. The fraction of sp³-hybridized carbons (Fsp3) is 0.143. The number of thiazole rings is 1. The van der Waals surface area contributed by atoms with Crippen molar-refractivity contribution in [2.75, 3.05) is 5.32 Å². The van der Waals surface area contributed by atoms with Crippen molar-refractivity contribution in [1.82, 2.24) is 15.2 Å². The van der Waals surface area contributed by atoms with Crippen LogP contribution in [0.3, 0.4) is 0 Å². The topological polar surface area (TPSA) is 80.9 Å². The van der Waals surface area contributed by atoms with Crippen molar-refractivity contribution >= 4 is 34.9 Å². The summed E-state index contributed by atoms with van der Waals surface area (Å²) in [7, 11) is 0. The van der Waals surface area contributed by atoms with Crippen LogP contribution in [0.15, 0.2) is 34.1 Å². The number of nitrogens with one attached hydrogen (secondary N) is 1. The van der Waals surface area contributed by atoms with Gasteiger partial charge in [0.2, 0.25) is 5.91 Å². The molecule has 0 aliphatic heterocycles. The van der Waals surface area contributed by atoms with Gasteiger partial charge in [-0.3, -0.25) is 10.1 Å². The number of amides is 1. The fourth-order valence-electron chi connectivity index (χ4n) is 1.82. The van der Waals surface area contributed by atoms with Gasteiger partial charge in [0.05, 0.1) is 11.4 Å². The molecule has 0 saturated carbocycles. The zero-order chi connectivity index (χ0) is 15.5. The maximum Gasteiger partial charge on any atom is 0.322 e. The van der Waals surface area contributed by atoms with Crippen LogP contribution in [0.4, 0.5) is 6.01 Å². The van der Waals surface area contributed by atoms with Gasteiger partial charge in [0.15, 0.2) is 0 Å². The van der Waals surface area contributed by atoms with E-state index in [2.05, 4.69) is 20.5 Å². The molecule has 3 rings (SSSR count). The highest BCUT2D eigenvalue weighted by Gasteiger charge is 2.14. The Labute approximate surface area is 135 Å². The first-order chi connectivity index (χ1) is 10.6. The molecule has 8 heteroatoms. The Morgan fingerprint density at radius 1 is 1.36 bits per heavy atom. The van der Waals surface area contributed by atoms with Gasteiger partial charge in [0.25, 0.3) is 5.89 Å². The summed E-state index contributed by atoms with van der Waals surface area (Å²) in [6, 6.07) is 7.20. The van der Waals surface area contributed by atoms with E-state index >= 15 is 0 Å². The summed E-state index contributed by atoms with van der Waals surface area (Å²) in [4.78, 5) is 16.2. The number of carbonyl (C=O) groups excluding carboxylic acids is 1. The highest BCUT2D eigenvalue weighted by Crippen LogP contribution is 2.22. The van der Waals surface area contributed by atoms with Crippen LogP contribution >= 0.6 is 22.9 Å². The standard InChI is InChI=1S/C14H11ClN4O2S/c1-8-16-11(7-22-8)13-18-19-14(21-13)17-12(20)6-9-4-2-3-5-10(9)15/h2-5,7H,6H2,1H3,(H,17,19,20). The van der Waals surface area contributed by atoms with Crippen molar-refractivity contribution in [3.8, 4) is 11.6 Å². The van der Waals surface area contributed by atoms with Crippen molar-refractivity contribution in [2.45, 2.75) is 13.3 Å². The molecule has 0 spiro atoms. The minimum atomic E-state index is -0.280. The number of nitrogens with zero attached hydrogens (tertiary/aromatic N) is 3. The third-order valence-corrected chi connectivity index (χ3v) is 3.96. The van der Waals surface area contributed by atoms with Crippen LogP contribution < -0.4 is 5.32 Å². The molecule has 0 fully saturated rings. The molecule has 2 aromatic heterocycles. The summed E-state index contributed by atoms with van der Waals surface area (Å²) in [6.07, 6.45) is 0.132. The van der Waals surface area contributed by atoms with Crippen molar-refractivity contribution in [3.63, 3.8) is 0 Å². The molecular weight excluding hydrogens is 324 g/mol. The van der Waals surface area contributed by atoms with Crippen LogP contribution in [0, 0.1) is 6.92 Å². The summed E-state index contributed by atoms with van der Waals surface area (Å²) in [5, 5.41) is 13.5. The number of anilines is 1. The second-order valence-corrected chi connectivity index (χ2v) is 5.95. The molecule has 112 valence electrons. The first-order valence-corrected chi connectivity index (χ1v) is 7.67. The Morgan fingerprint density at radius 2 is 2.18 bits per heavy atom. The first-order valence-electron chi connectivity index (χ1n) is 6.41. The minimum absolute atomic E-state index is 0.0395. The van der Waals surface area contributed by atoms with Gasteiger partial charge in [0.1, 0.15) is 5.69 Å². The highest BCUT2D eigenvalue weighted by molar-refractivity contribution is 7.09. The molecule has 0 atom stereocenters. The van der Waals surface area contributed by atoms with E-state index in [-0.39, 0.29) is 24.2 Å². The molecule has 1 N–H and O–H groups in total. The average molecular weight is 335 g/mol. The summed E-state index contributed by atoms with van der Waals surface area (Å²) in [6.45, 7) is 1.89. The van der Waals surface area contributed by atoms with E-state index in [0.29, 0.717) is 10.7 Å². The van der Waals surface area contributed by atoms with E-state index in [1.807, 2.05) is 24.4 Å². The Hall–Kier alpha value is -2.25. The first kappa shape index (κ1) is 14.7. The number of carbonyl (C=O) groups is 1. The maximum atomic E-state index is 12.0. The molecule has 0 bridgehead atoms. The normalized spacial score (nSPS) is 10.6. The van der Waals surface area contributed by atoms with Crippen LogP contribution in [-0.4, -0.2) is 21.1 Å². The second-order valence-electron chi connectivity index (χ2n) is 4.48. The van der Waals surface area contributed by atoms with Gasteiger partial charge in [-0.05, 0) is 18.6 Å². The molecular formula is C14H11ClN4O2S. The molecule has 1 amide bonds. The van der Waals surface area contributed by atoms with Crippen LogP contribution in [0.25, 0.3) is 11.6 Å². The number of benzene rings is 1. The molecule has 0 aliphatic carbocycles. The molecule has 6 nitrogen and oxygen atoms in total. The molecule has 0 radical (unpaired) electrons. The van der Waals surface area contributed by atoms with Crippen LogP contribution in [0.5, 0.6) is 0 Å². The van der Waals surface area contributed by atoms with E-state index in [4.69, 9.17) is 16.0 Å². The third-order valence-electron chi connectivity index (χ3n) is 2.82. The molecule has 1 aromatic carbocycles. The second kappa shape index (κ2) is 6.25. The fourth-order valence-corrected chi connectivity index (χ4v) is 2.61. The van der Waals surface area contributed by atoms with Crippen LogP contribution in [0.2, 0.25) is 5.02 Å². The Balaban J connectivity index is 1.67. The van der Waals surface area contributed by atoms with Crippen molar-refractivity contribution in [3.05, 3.63) is 45.2 Å². The average Bonchev–Trinajstić information content (AvgIpc) is 3.10. The van der Waals surface area contributed by atoms with E-state index in [0.717, 1.165) is 10.6 Å². The smallest absolute Gasteiger partial charge is 0.322 e. The van der Waals surface area contributed by atoms with E-state index < -0.39 is 0 Å². The lowest BCUT2D eigenvalue weighted by Crippen LogP contribution is -2.14. The number of hydrogen-bond acceptors (Lipinski definition) is 6. The van der Waals surface area contributed by atoms with Crippen molar-refractivity contribution in [2.24, 2.45) is 0 Å². The SMILES string of the molecule is Cc1nc(-c2nnc(NC(=O)Cc3ccccc3Cl)o2)cs1.